The summed E-state index contributed by atoms with van der Waals surface area (Å²) in [6, 6.07) is 15.5. The molecule has 5 nitrogen and oxygen atoms in total. The maximum Gasteiger partial charge on any atom is 0.319 e. The van der Waals surface area contributed by atoms with E-state index >= 15 is 0 Å². The second-order valence-electron chi connectivity index (χ2n) is 6.08. The fraction of sp³-hybridized carbons (Fsp3) is 0.316. The summed E-state index contributed by atoms with van der Waals surface area (Å²) in [5.74, 6) is 1.12. The number of carbonyl (C=O) groups excluding carboxylic acids is 1. The summed E-state index contributed by atoms with van der Waals surface area (Å²) in [5, 5.41) is 9.35. The molecule has 0 aromatic heterocycles. The first-order valence-corrected chi connectivity index (χ1v) is 9.13. The zero-order valence-electron chi connectivity index (χ0n) is 14.1. The summed E-state index contributed by atoms with van der Waals surface area (Å²) in [5.41, 5.74) is 1.99. The van der Waals surface area contributed by atoms with Crippen molar-refractivity contribution < 1.29 is 9.53 Å². The summed E-state index contributed by atoms with van der Waals surface area (Å²) >= 11 is 3.39. The van der Waals surface area contributed by atoms with Crippen LogP contribution >= 0.6 is 15.9 Å². The Morgan fingerprint density at radius 3 is 2.56 bits per heavy atom. The molecule has 1 heterocycles. The number of urea groups is 1. The first-order valence-electron chi connectivity index (χ1n) is 8.33. The number of anilines is 1. The molecule has 3 rings (SSSR count). The molecule has 1 aliphatic rings. The Kier molecular flexibility index (Phi) is 5.94. The average Bonchev–Trinajstić information content (AvgIpc) is 2.64. The average molecular weight is 404 g/mol. The number of benzene rings is 2. The van der Waals surface area contributed by atoms with Crippen molar-refractivity contribution in [3.63, 3.8) is 0 Å². The zero-order chi connectivity index (χ0) is 17.6. The van der Waals surface area contributed by atoms with Crippen molar-refractivity contribution in [2.45, 2.75) is 18.4 Å². The van der Waals surface area contributed by atoms with Gasteiger partial charge in [0, 0.05) is 28.7 Å². The number of hydrogen-bond acceptors (Lipinski definition) is 3. The lowest BCUT2D eigenvalue weighted by atomic mass is 9.86. The molecule has 0 radical (unpaired) electrons. The number of hydrogen-bond donors (Lipinski definition) is 3. The molecular weight excluding hydrogens is 382 g/mol. The van der Waals surface area contributed by atoms with Gasteiger partial charge in [0.15, 0.2) is 0 Å². The second-order valence-corrected chi connectivity index (χ2v) is 7.00. The molecule has 25 heavy (non-hydrogen) atoms. The van der Waals surface area contributed by atoms with Gasteiger partial charge in [0.05, 0.1) is 7.11 Å². The van der Waals surface area contributed by atoms with E-state index in [1.165, 1.54) is 5.56 Å². The van der Waals surface area contributed by atoms with Crippen LogP contribution < -0.4 is 20.7 Å². The van der Waals surface area contributed by atoms with Crippen molar-refractivity contribution in [2.75, 3.05) is 25.5 Å². The van der Waals surface area contributed by atoms with Crippen LogP contribution in [0.15, 0.2) is 53.0 Å². The van der Waals surface area contributed by atoms with E-state index in [9.17, 15) is 4.79 Å². The van der Waals surface area contributed by atoms with Crippen molar-refractivity contribution >= 4 is 27.6 Å². The van der Waals surface area contributed by atoms with E-state index < -0.39 is 0 Å². The monoisotopic (exact) mass is 403 g/mol. The molecule has 0 unspecified atom stereocenters. The van der Waals surface area contributed by atoms with Gasteiger partial charge in [0.2, 0.25) is 0 Å². The SMILES string of the molecule is COc1ccc([C@H]2CCNC[C@@H]2NC(=O)Nc2ccc(Br)cc2)cc1. The lowest BCUT2D eigenvalue weighted by molar-refractivity contribution is 0.242. The molecule has 0 bridgehead atoms. The number of carbonyl (C=O) groups is 1. The Morgan fingerprint density at radius 2 is 1.88 bits per heavy atom. The molecule has 2 aromatic carbocycles. The lowest BCUT2D eigenvalue weighted by Crippen LogP contribution is -2.51. The number of rotatable bonds is 4. The summed E-state index contributed by atoms with van der Waals surface area (Å²) in [7, 11) is 1.66. The highest BCUT2D eigenvalue weighted by Gasteiger charge is 2.27. The third-order valence-corrected chi connectivity index (χ3v) is 4.97. The van der Waals surface area contributed by atoms with Crippen molar-refractivity contribution in [2.24, 2.45) is 0 Å². The molecule has 2 aromatic rings. The molecule has 1 saturated heterocycles. The van der Waals surface area contributed by atoms with Crippen LogP contribution in [-0.4, -0.2) is 32.3 Å². The Bertz CT molecular complexity index is 704. The minimum Gasteiger partial charge on any atom is -0.497 e. The fourth-order valence-electron chi connectivity index (χ4n) is 3.13. The first-order chi connectivity index (χ1) is 12.2. The Balaban J connectivity index is 1.65. The number of ether oxygens (including phenoxy) is 1. The van der Waals surface area contributed by atoms with Crippen molar-refractivity contribution in [3.05, 3.63) is 58.6 Å². The summed E-state index contributed by atoms with van der Waals surface area (Å²) in [4.78, 5) is 12.4. The Morgan fingerprint density at radius 1 is 1.16 bits per heavy atom. The van der Waals surface area contributed by atoms with Gasteiger partial charge in [-0.2, -0.15) is 0 Å². The molecule has 0 spiro atoms. The molecule has 2 atom stereocenters. The summed E-state index contributed by atoms with van der Waals surface area (Å²) in [6.45, 7) is 1.70. The van der Waals surface area contributed by atoms with Gasteiger partial charge in [0.1, 0.15) is 5.75 Å². The topological polar surface area (TPSA) is 62.4 Å². The molecule has 1 aliphatic heterocycles. The summed E-state index contributed by atoms with van der Waals surface area (Å²) < 4.78 is 6.21. The van der Waals surface area contributed by atoms with Gasteiger partial charge in [-0.25, -0.2) is 4.79 Å². The maximum atomic E-state index is 12.4. The largest absolute Gasteiger partial charge is 0.497 e. The maximum absolute atomic E-state index is 12.4. The van der Waals surface area contributed by atoms with Crippen LogP contribution in [-0.2, 0) is 0 Å². The van der Waals surface area contributed by atoms with Gasteiger partial charge in [-0.3, -0.25) is 0 Å². The highest BCUT2D eigenvalue weighted by atomic mass is 79.9. The van der Waals surface area contributed by atoms with E-state index in [0.29, 0.717) is 0 Å². The quantitative estimate of drug-likeness (QED) is 0.728. The fourth-order valence-corrected chi connectivity index (χ4v) is 3.39. The molecule has 132 valence electrons. The number of piperidine rings is 1. The number of nitrogens with one attached hydrogen (secondary N) is 3. The third kappa shape index (κ3) is 4.74. The molecular formula is C19H22BrN3O2. The number of methoxy groups -OCH3 is 1. The van der Waals surface area contributed by atoms with Crippen LogP contribution in [0, 0.1) is 0 Å². The van der Waals surface area contributed by atoms with E-state index in [1.54, 1.807) is 7.11 Å². The van der Waals surface area contributed by atoms with Crippen LogP contribution in [0.25, 0.3) is 0 Å². The molecule has 0 saturated carbocycles. The first kappa shape index (κ1) is 17.8. The highest BCUT2D eigenvalue weighted by molar-refractivity contribution is 9.10. The van der Waals surface area contributed by atoms with E-state index in [2.05, 4.69) is 44.0 Å². The minimum absolute atomic E-state index is 0.0394. The number of halogens is 1. The minimum atomic E-state index is -0.186. The van der Waals surface area contributed by atoms with Crippen LogP contribution in [0.4, 0.5) is 10.5 Å². The number of amides is 2. The van der Waals surface area contributed by atoms with E-state index in [1.807, 2.05) is 36.4 Å². The molecule has 3 N–H and O–H groups in total. The Hall–Kier alpha value is -2.05. The van der Waals surface area contributed by atoms with E-state index in [0.717, 1.165) is 35.4 Å². The van der Waals surface area contributed by atoms with Gasteiger partial charge in [0.25, 0.3) is 0 Å². The van der Waals surface area contributed by atoms with Crippen molar-refractivity contribution in [3.8, 4) is 5.75 Å². The van der Waals surface area contributed by atoms with Gasteiger partial charge in [-0.1, -0.05) is 28.1 Å². The third-order valence-electron chi connectivity index (χ3n) is 4.44. The predicted molar refractivity (Wildman–Crippen MR) is 103 cm³/mol. The van der Waals surface area contributed by atoms with Crippen LogP contribution in [0.5, 0.6) is 5.75 Å². The van der Waals surface area contributed by atoms with Crippen molar-refractivity contribution in [1.29, 1.82) is 0 Å². The van der Waals surface area contributed by atoms with Crippen LogP contribution in [0.1, 0.15) is 17.9 Å². The summed E-state index contributed by atoms with van der Waals surface area (Å²) in [6.07, 6.45) is 0.982. The standard InChI is InChI=1S/C19H22BrN3O2/c1-25-16-8-2-13(3-9-16)17-10-11-21-12-18(17)23-19(24)22-15-6-4-14(20)5-7-15/h2-9,17-18,21H,10-12H2,1H3,(H2,22,23,24)/t17-,18+/m1/s1. The van der Waals surface area contributed by atoms with Gasteiger partial charge in [-0.15, -0.1) is 0 Å². The molecule has 2 amide bonds. The Labute approximate surface area is 156 Å². The van der Waals surface area contributed by atoms with Gasteiger partial charge in [-0.05, 0) is 54.9 Å². The second kappa shape index (κ2) is 8.36. The lowest BCUT2D eigenvalue weighted by Gasteiger charge is -2.33. The van der Waals surface area contributed by atoms with E-state index in [-0.39, 0.29) is 18.0 Å². The molecule has 0 aliphatic carbocycles. The normalized spacial score (nSPS) is 19.9. The van der Waals surface area contributed by atoms with Gasteiger partial charge < -0.3 is 20.7 Å². The predicted octanol–water partition coefficient (Wildman–Crippen LogP) is 3.72. The molecule has 6 heteroatoms. The van der Waals surface area contributed by atoms with Gasteiger partial charge >= 0.3 is 6.03 Å². The van der Waals surface area contributed by atoms with Crippen LogP contribution in [0.3, 0.4) is 0 Å². The van der Waals surface area contributed by atoms with E-state index in [4.69, 9.17) is 4.74 Å². The zero-order valence-corrected chi connectivity index (χ0v) is 15.7. The van der Waals surface area contributed by atoms with Crippen LogP contribution in [0.2, 0.25) is 0 Å². The van der Waals surface area contributed by atoms with Crippen molar-refractivity contribution in [1.82, 2.24) is 10.6 Å². The smallest absolute Gasteiger partial charge is 0.319 e. The molecule has 1 fully saturated rings. The highest BCUT2D eigenvalue weighted by Crippen LogP contribution is 2.27.